The zero-order valence-corrected chi connectivity index (χ0v) is 23.8. The Morgan fingerprint density at radius 2 is 1.48 bits per heavy atom. The van der Waals surface area contributed by atoms with E-state index in [1.165, 1.54) is 14.2 Å². The van der Waals surface area contributed by atoms with Gasteiger partial charge in [0, 0.05) is 34.9 Å². The molecular formula is C32H34N4O4. The molecule has 0 aromatic carbocycles. The maximum absolute atomic E-state index is 12.0. The second kappa shape index (κ2) is 11.0. The molecule has 40 heavy (non-hydrogen) atoms. The standard InChI is InChI=1S/C32H34N4O4/c1-17-11-22-14-27-19(3)23(7-9-31(37)39-5)29(35-27)16-30-24(8-10-32(38)40-6)20(4)28(36-30)15-26-18(2)12-21(34-26)13-25(17)33-22/h11-16,33,35H,7-10H2,1-6H3. The minimum atomic E-state index is -0.268. The number of hydrogen-bond donors (Lipinski definition) is 2. The van der Waals surface area contributed by atoms with E-state index in [9.17, 15) is 9.59 Å². The van der Waals surface area contributed by atoms with Crippen molar-refractivity contribution in [2.24, 2.45) is 0 Å². The number of rotatable bonds is 6. The number of nitrogens with one attached hydrogen (secondary N) is 2. The van der Waals surface area contributed by atoms with Gasteiger partial charge in [-0.3, -0.25) is 9.59 Å². The monoisotopic (exact) mass is 538 g/mol. The van der Waals surface area contributed by atoms with Crippen LogP contribution in [0.2, 0.25) is 0 Å². The molecule has 8 bridgehead atoms. The van der Waals surface area contributed by atoms with Crippen LogP contribution in [-0.2, 0) is 25.5 Å². The zero-order chi connectivity index (χ0) is 28.6. The fourth-order valence-corrected chi connectivity index (χ4v) is 5.30. The van der Waals surface area contributed by atoms with Gasteiger partial charge in [-0.1, -0.05) is 0 Å². The number of carbonyl (C=O) groups is 2. The van der Waals surface area contributed by atoms with Crippen LogP contribution in [0.15, 0.2) is 30.3 Å². The van der Waals surface area contributed by atoms with Gasteiger partial charge in [0.2, 0.25) is 0 Å². The van der Waals surface area contributed by atoms with Crippen molar-refractivity contribution in [2.75, 3.05) is 14.2 Å². The number of nitrogens with zero attached hydrogens (tertiary/aromatic N) is 2. The third-order valence-corrected chi connectivity index (χ3v) is 7.69. The van der Waals surface area contributed by atoms with E-state index < -0.39 is 0 Å². The molecule has 2 N–H and O–H groups in total. The summed E-state index contributed by atoms with van der Waals surface area (Å²) in [5, 5.41) is 0. The third-order valence-electron chi connectivity index (χ3n) is 7.69. The van der Waals surface area contributed by atoms with Gasteiger partial charge in [0.15, 0.2) is 0 Å². The topological polar surface area (TPSA) is 110 Å². The second-order valence-corrected chi connectivity index (χ2v) is 10.3. The second-order valence-electron chi connectivity index (χ2n) is 10.3. The molecule has 0 radical (unpaired) electrons. The van der Waals surface area contributed by atoms with Crippen LogP contribution in [0.1, 0.15) is 72.6 Å². The Labute approximate surface area is 233 Å². The highest BCUT2D eigenvalue weighted by molar-refractivity contribution is 5.94. The molecule has 0 saturated carbocycles. The van der Waals surface area contributed by atoms with Crippen molar-refractivity contribution in [3.05, 3.63) is 69.8 Å². The number of methoxy groups -OCH3 is 2. The van der Waals surface area contributed by atoms with Gasteiger partial charge in [0.05, 0.1) is 37.0 Å². The first-order chi connectivity index (χ1) is 19.2. The highest BCUT2D eigenvalue weighted by Crippen LogP contribution is 2.35. The number of esters is 2. The molecule has 0 spiro atoms. The number of fused-ring (bicyclic) bond motifs is 8. The average molecular weight is 539 g/mol. The summed E-state index contributed by atoms with van der Waals surface area (Å²) in [6.07, 6.45) is 3.61. The number of ether oxygens (including phenoxy) is 2. The van der Waals surface area contributed by atoms with Crippen LogP contribution < -0.4 is 0 Å². The quantitative estimate of drug-likeness (QED) is 0.348. The van der Waals surface area contributed by atoms with Gasteiger partial charge in [0.1, 0.15) is 0 Å². The Morgan fingerprint density at radius 3 is 2.20 bits per heavy atom. The number of H-pyrrole nitrogens is 2. The van der Waals surface area contributed by atoms with Crippen molar-refractivity contribution >= 4 is 56.8 Å². The Bertz CT molecular complexity index is 1750. The van der Waals surface area contributed by atoms with Crippen molar-refractivity contribution in [3.63, 3.8) is 0 Å². The molecule has 0 aliphatic carbocycles. The summed E-state index contributed by atoms with van der Waals surface area (Å²) in [7, 11) is 2.80. The molecule has 0 atom stereocenters. The zero-order valence-electron chi connectivity index (χ0n) is 23.8. The highest BCUT2D eigenvalue weighted by atomic mass is 16.5. The predicted octanol–water partition coefficient (Wildman–Crippen LogP) is 6.48. The fraction of sp³-hybridized carbons (Fsp3) is 0.312. The molecule has 3 aromatic heterocycles. The summed E-state index contributed by atoms with van der Waals surface area (Å²) < 4.78 is 9.83. The van der Waals surface area contributed by atoms with E-state index in [4.69, 9.17) is 19.4 Å². The Balaban J connectivity index is 1.82. The third kappa shape index (κ3) is 5.34. The van der Waals surface area contributed by atoms with E-state index in [0.717, 1.165) is 78.3 Å². The van der Waals surface area contributed by atoms with Gasteiger partial charge in [-0.2, -0.15) is 0 Å². The summed E-state index contributed by atoms with van der Waals surface area (Å²) in [5.41, 5.74) is 13.4. The molecular weight excluding hydrogens is 504 g/mol. The maximum Gasteiger partial charge on any atom is 0.305 e. The fourth-order valence-electron chi connectivity index (χ4n) is 5.30. The molecule has 5 rings (SSSR count). The van der Waals surface area contributed by atoms with Crippen molar-refractivity contribution < 1.29 is 19.1 Å². The Kier molecular flexibility index (Phi) is 7.43. The van der Waals surface area contributed by atoms with Crippen molar-refractivity contribution in [2.45, 2.75) is 53.4 Å². The number of carbonyl (C=O) groups excluding carboxylic acids is 2. The van der Waals surface area contributed by atoms with Crippen molar-refractivity contribution in [3.8, 4) is 0 Å². The van der Waals surface area contributed by atoms with Crippen molar-refractivity contribution in [1.82, 2.24) is 19.9 Å². The van der Waals surface area contributed by atoms with Gasteiger partial charge in [-0.05, 0) is 110 Å². The minimum Gasteiger partial charge on any atom is -0.469 e. The van der Waals surface area contributed by atoms with Gasteiger partial charge in [-0.25, -0.2) is 9.97 Å². The van der Waals surface area contributed by atoms with E-state index in [2.05, 4.69) is 48.1 Å². The van der Waals surface area contributed by atoms with Crippen LogP contribution in [0.25, 0.3) is 44.9 Å². The summed E-state index contributed by atoms with van der Waals surface area (Å²) in [6.45, 7) is 8.21. The maximum atomic E-state index is 12.0. The molecule has 2 aliphatic rings. The molecule has 8 heteroatoms. The summed E-state index contributed by atoms with van der Waals surface area (Å²) in [5.74, 6) is -0.527. The van der Waals surface area contributed by atoms with Crippen LogP contribution in [0.4, 0.5) is 0 Å². The van der Waals surface area contributed by atoms with E-state index >= 15 is 0 Å². The summed E-state index contributed by atoms with van der Waals surface area (Å²) in [4.78, 5) is 41.1. The van der Waals surface area contributed by atoms with E-state index in [-0.39, 0.29) is 24.8 Å². The first kappa shape index (κ1) is 27.1. The summed E-state index contributed by atoms with van der Waals surface area (Å²) >= 11 is 0. The van der Waals surface area contributed by atoms with Crippen LogP contribution in [0.5, 0.6) is 0 Å². The molecule has 3 aromatic rings. The van der Waals surface area contributed by atoms with Crippen LogP contribution in [0.3, 0.4) is 0 Å². The number of allylic oxidation sites excluding steroid dienone is 3. The SMILES string of the molecule is COC(=O)CCC1=C(C)c2cc3nc(cc4[nH]c(cc4C)cc4[nH]c(cc1n2)c(CCC(=O)OC)c4C)C=C3C. The Hall–Kier alpha value is -4.46. The normalized spacial score (nSPS) is 12.9. The molecule has 206 valence electrons. The van der Waals surface area contributed by atoms with Crippen molar-refractivity contribution in [1.29, 1.82) is 0 Å². The molecule has 0 fully saturated rings. The van der Waals surface area contributed by atoms with Gasteiger partial charge in [-0.15, -0.1) is 0 Å². The van der Waals surface area contributed by atoms with Crippen LogP contribution in [-0.4, -0.2) is 46.1 Å². The van der Waals surface area contributed by atoms with Gasteiger partial charge >= 0.3 is 11.9 Å². The summed E-state index contributed by atoms with van der Waals surface area (Å²) in [6, 6.07) is 10.3. The smallest absolute Gasteiger partial charge is 0.305 e. The van der Waals surface area contributed by atoms with Crippen LogP contribution >= 0.6 is 0 Å². The number of hydrogen-bond acceptors (Lipinski definition) is 6. The van der Waals surface area contributed by atoms with E-state index in [1.807, 2.05) is 26.0 Å². The lowest BCUT2D eigenvalue weighted by Crippen LogP contribution is -2.02. The lowest BCUT2D eigenvalue weighted by molar-refractivity contribution is -0.141. The predicted molar refractivity (Wildman–Crippen MR) is 158 cm³/mol. The van der Waals surface area contributed by atoms with Gasteiger partial charge < -0.3 is 19.4 Å². The average Bonchev–Trinajstić information content (AvgIpc) is 3.62. The molecule has 2 aliphatic heterocycles. The van der Waals surface area contributed by atoms with Crippen LogP contribution in [0, 0.1) is 13.8 Å². The molecule has 0 saturated heterocycles. The van der Waals surface area contributed by atoms with Gasteiger partial charge in [0.25, 0.3) is 0 Å². The van der Waals surface area contributed by atoms with E-state index in [1.54, 1.807) is 0 Å². The molecule has 0 amide bonds. The number of aromatic nitrogens is 4. The minimum absolute atomic E-state index is 0.252. The number of aromatic amines is 2. The number of aryl methyl sites for hydroxylation is 3. The lowest BCUT2D eigenvalue weighted by Gasteiger charge is -2.04. The Morgan fingerprint density at radius 1 is 0.750 bits per heavy atom. The first-order valence-corrected chi connectivity index (χ1v) is 13.4. The molecule has 8 nitrogen and oxygen atoms in total. The molecule has 0 unspecified atom stereocenters. The van der Waals surface area contributed by atoms with E-state index in [0.29, 0.717) is 12.8 Å². The largest absolute Gasteiger partial charge is 0.469 e. The lowest BCUT2D eigenvalue weighted by atomic mass is 10.00. The first-order valence-electron chi connectivity index (χ1n) is 13.4. The highest BCUT2D eigenvalue weighted by Gasteiger charge is 2.20. The molecule has 5 heterocycles.